The summed E-state index contributed by atoms with van der Waals surface area (Å²) >= 11 is 0. The van der Waals surface area contributed by atoms with Crippen molar-refractivity contribution in [1.82, 2.24) is 4.90 Å². The number of morpholine rings is 1. The Hall–Kier alpha value is -1.57. The fourth-order valence-corrected chi connectivity index (χ4v) is 2.55. The Morgan fingerprint density at radius 1 is 1.25 bits per heavy atom. The first-order chi connectivity index (χ1) is 9.67. The van der Waals surface area contributed by atoms with E-state index < -0.39 is 0 Å². The van der Waals surface area contributed by atoms with Gasteiger partial charge in [-0.25, -0.2) is 0 Å². The van der Waals surface area contributed by atoms with Gasteiger partial charge in [0.05, 0.1) is 24.7 Å². The van der Waals surface area contributed by atoms with E-state index >= 15 is 0 Å². The van der Waals surface area contributed by atoms with Crippen molar-refractivity contribution in [2.24, 2.45) is 0 Å². The lowest BCUT2D eigenvalue weighted by atomic mass is 10.2. The average Bonchev–Trinajstić information content (AvgIpc) is 2.40. The number of hydrogen-bond donors (Lipinski definition) is 0. The van der Waals surface area contributed by atoms with E-state index in [1.165, 1.54) is 0 Å². The lowest BCUT2D eigenvalue weighted by molar-refractivity contribution is -0.0699. The van der Waals surface area contributed by atoms with E-state index in [0.29, 0.717) is 25.2 Å². The molecule has 0 bridgehead atoms. The van der Waals surface area contributed by atoms with Crippen LogP contribution in [-0.2, 0) is 11.2 Å². The van der Waals surface area contributed by atoms with Gasteiger partial charge in [0.15, 0.2) is 0 Å². The SMILES string of the molecule is CC1CN(CCOc2ccc(CC#N)cc2)CC(C)O1. The third-order valence-electron chi connectivity index (χ3n) is 3.38. The summed E-state index contributed by atoms with van der Waals surface area (Å²) in [6.45, 7) is 7.74. The monoisotopic (exact) mass is 274 g/mol. The minimum Gasteiger partial charge on any atom is -0.492 e. The third-order valence-corrected chi connectivity index (χ3v) is 3.38. The van der Waals surface area contributed by atoms with Crippen LogP contribution in [0, 0.1) is 11.3 Å². The quantitative estimate of drug-likeness (QED) is 0.826. The van der Waals surface area contributed by atoms with Crippen LogP contribution in [-0.4, -0.2) is 43.3 Å². The zero-order valence-corrected chi connectivity index (χ0v) is 12.2. The molecular formula is C16H22N2O2. The topological polar surface area (TPSA) is 45.5 Å². The highest BCUT2D eigenvalue weighted by Crippen LogP contribution is 2.13. The number of nitriles is 1. The molecule has 1 fully saturated rings. The molecule has 0 saturated carbocycles. The zero-order chi connectivity index (χ0) is 14.4. The van der Waals surface area contributed by atoms with Gasteiger partial charge in [-0.1, -0.05) is 12.1 Å². The molecule has 108 valence electrons. The minimum absolute atomic E-state index is 0.295. The number of rotatable bonds is 5. The summed E-state index contributed by atoms with van der Waals surface area (Å²) in [5.74, 6) is 0.862. The summed E-state index contributed by atoms with van der Waals surface area (Å²) in [7, 11) is 0. The summed E-state index contributed by atoms with van der Waals surface area (Å²) < 4.78 is 11.5. The normalized spacial score (nSPS) is 23.2. The maximum absolute atomic E-state index is 8.62. The van der Waals surface area contributed by atoms with E-state index in [9.17, 15) is 0 Å². The van der Waals surface area contributed by atoms with Gasteiger partial charge in [0.25, 0.3) is 0 Å². The average molecular weight is 274 g/mol. The van der Waals surface area contributed by atoms with Crippen molar-refractivity contribution < 1.29 is 9.47 Å². The first kappa shape index (κ1) is 14.8. The van der Waals surface area contributed by atoms with E-state index in [1.807, 2.05) is 24.3 Å². The molecule has 4 nitrogen and oxygen atoms in total. The molecule has 0 radical (unpaired) electrons. The molecule has 1 aromatic carbocycles. The summed E-state index contributed by atoms with van der Waals surface area (Å²) in [5, 5.41) is 8.62. The van der Waals surface area contributed by atoms with Crippen LogP contribution < -0.4 is 4.74 Å². The first-order valence-electron chi connectivity index (χ1n) is 7.14. The largest absolute Gasteiger partial charge is 0.492 e. The molecule has 1 heterocycles. The fourth-order valence-electron chi connectivity index (χ4n) is 2.55. The van der Waals surface area contributed by atoms with E-state index in [-0.39, 0.29) is 0 Å². The van der Waals surface area contributed by atoms with Crippen molar-refractivity contribution in [2.75, 3.05) is 26.2 Å². The molecule has 2 rings (SSSR count). The van der Waals surface area contributed by atoms with Gasteiger partial charge >= 0.3 is 0 Å². The molecule has 20 heavy (non-hydrogen) atoms. The van der Waals surface area contributed by atoms with Crippen molar-refractivity contribution in [3.05, 3.63) is 29.8 Å². The van der Waals surface area contributed by atoms with Gasteiger partial charge in [-0.05, 0) is 31.5 Å². The number of benzene rings is 1. The van der Waals surface area contributed by atoms with Crippen molar-refractivity contribution >= 4 is 0 Å². The molecule has 1 aliphatic heterocycles. The molecule has 0 N–H and O–H groups in total. The molecule has 1 aliphatic rings. The molecule has 4 heteroatoms. The van der Waals surface area contributed by atoms with Crippen LogP contribution in [0.1, 0.15) is 19.4 Å². The molecule has 1 aromatic rings. The highest BCUT2D eigenvalue weighted by molar-refractivity contribution is 5.28. The van der Waals surface area contributed by atoms with Gasteiger partial charge in [-0.3, -0.25) is 4.90 Å². The highest BCUT2D eigenvalue weighted by atomic mass is 16.5. The molecule has 2 atom stereocenters. The Morgan fingerprint density at radius 3 is 2.50 bits per heavy atom. The van der Waals surface area contributed by atoms with Crippen LogP contribution in [0.5, 0.6) is 5.75 Å². The number of ether oxygens (including phenoxy) is 2. The van der Waals surface area contributed by atoms with Gasteiger partial charge in [0.1, 0.15) is 12.4 Å². The Bertz CT molecular complexity index is 443. The second-order valence-electron chi connectivity index (χ2n) is 5.34. The lowest BCUT2D eigenvalue weighted by Gasteiger charge is -2.35. The molecule has 2 unspecified atom stereocenters. The predicted octanol–water partition coefficient (Wildman–Crippen LogP) is 2.24. The standard InChI is InChI=1S/C16H22N2O2/c1-13-11-18(12-14(2)20-13)9-10-19-16-5-3-15(4-6-16)7-8-17/h3-6,13-14H,7,9-12H2,1-2H3. The first-order valence-corrected chi connectivity index (χ1v) is 7.14. The number of nitrogens with zero attached hydrogens (tertiary/aromatic N) is 2. The Labute approximate surface area is 120 Å². The molecule has 0 amide bonds. The second-order valence-corrected chi connectivity index (χ2v) is 5.34. The Kier molecular flexibility index (Phi) is 5.40. The van der Waals surface area contributed by atoms with Crippen molar-refractivity contribution in [3.8, 4) is 11.8 Å². The molecule has 1 saturated heterocycles. The van der Waals surface area contributed by atoms with E-state index in [0.717, 1.165) is 30.9 Å². The summed E-state index contributed by atoms with van der Waals surface area (Å²) in [4.78, 5) is 2.38. The van der Waals surface area contributed by atoms with Crippen molar-refractivity contribution in [2.45, 2.75) is 32.5 Å². The summed E-state index contributed by atoms with van der Waals surface area (Å²) in [6, 6.07) is 9.88. The van der Waals surface area contributed by atoms with Gasteiger partial charge < -0.3 is 9.47 Å². The maximum atomic E-state index is 8.62. The maximum Gasteiger partial charge on any atom is 0.119 e. The van der Waals surface area contributed by atoms with Crippen LogP contribution >= 0.6 is 0 Å². The zero-order valence-electron chi connectivity index (χ0n) is 12.2. The van der Waals surface area contributed by atoms with Crippen LogP contribution in [0.15, 0.2) is 24.3 Å². The van der Waals surface area contributed by atoms with Crippen molar-refractivity contribution in [1.29, 1.82) is 5.26 Å². The molecule has 0 aromatic heterocycles. The minimum atomic E-state index is 0.295. The van der Waals surface area contributed by atoms with Crippen molar-refractivity contribution in [3.63, 3.8) is 0 Å². The Morgan fingerprint density at radius 2 is 1.90 bits per heavy atom. The third kappa shape index (κ3) is 4.52. The van der Waals surface area contributed by atoms with E-state index in [4.69, 9.17) is 14.7 Å². The van der Waals surface area contributed by atoms with Gasteiger partial charge in [-0.15, -0.1) is 0 Å². The van der Waals surface area contributed by atoms with Gasteiger partial charge in [-0.2, -0.15) is 5.26 Å². The Balaban J connectivity index is 1.74. The smallest absolute Gasteiger partial charge is 0.119 e. The van der Waals surface area contributed by atoms with Crippen LogP contribution in [0.2, 0.25) is 0 Å². The predicted molar refractivity (Wildman–Crippen MR) is 77.7 cm³/mol. The number of hydrogen-bond acceptors (Lipinski definition) is 4. The van der Waals surface area contributed by atoms with E-state index in [2.05, 4.69) is 24.8 Å². The lowest BCUT2D eigenvalue weighted by Crippen LogP contribution is -2.46. The molecular weight excluding hydrogens is 252 g/mol. The van der Waals surface area contributed by atoms with Gasteiger partial charge in [0.2, 0.25) is 0 Å². The highest BCUT2D eigenvalue weighted by Gasteiger charge is 2.21. The summed E-state index contributed by atoms with van der Waals surface area (Å²) in [5.41, 5.74) is 1.02. The van der Waals surface area contributed by atoms with Gasteiger partial charge in [0, 0.05) is 19.6 Å². The van der Waals surface area contributed by atoms with Crippen LogP contribution in [0.25, 0.3) is 0 Å². The fraction of sp³-hybridized carbons (Fsp3) is 0.562. The molecule has 0 spiro atoms. The molecule has 0 aliphatic carbocycles. The summed E-state index contributed by atoms with van der Waals surface area (Å²) in [6.07, 6.45) is 1.04. The van der Waals surface area contributed by atoms with Crippen LogP contribution in [0.3, 0.4) is 0 Å². The van der Waals surface area contributed by atoms with Crippen LogP contribution in [0.4, 0.5) is 0 Å². The van der Waals surface area contributed by atoms with E-state index in [1.54, 1.807) is 0 Å². The second kappa shape index (κ2) is 7.28.